The molecule has 4 rings (SSSR count). The molecule has 0 saturated heterocycles. The number of hydrazine groups is 1. The Morgan fingerprint density at radius 3 is 2.48 bits per heavy atom. The highest BCUT2D eigenvalue weighted by atomic mass is 35.5. The summed E-state index contributed by atoms with van der Waals surface area (Å²) in [6, 6.07) is 14.7. The van der Waals surface area contributed by atoms with Crippen LogP contribution in [0.25, 0.3) is 10.9 Å². The molecule has 4 N–H and O–H groups in total. The van der Waals surface area contributed by atoms with E-state index in [4.69, 9.17) is 16.0 Å². The maximum Gasteiger partial charge on any atom is 0.305 e. The number of aromatic amines is 1. The van der Waals surface area contributed by atoms with E-state index >= 15 is 0 Å². The number of amides is 2. The van der Waals surface area contributed by atoms with Crippen LogP contribution in [0.4, 0.5) is 0 Å². The molecular formula is C22H19ClN4O5S. The molecule has 2 amide bonds. The van der Waals surface area contributed by atoms with E-state index in [9.17, 15) is 18.0 Å². The highest BCUT2D eigenvalue weighted by Gasteiger charge is 2.27. The maximum atomic E-state index is 12.9. The van der Waals surface area contributed by atoms with Crippen molar-refractivity contribution in [3.8, 4) is 0 Å². The minimum absolute atomic E-state index is 0.00905. The molecule has 4 aromatic rings. The van der Waals surface area contributed by atoms with Crippen LogP contribution < -0.4 is 15.6 Å². The van der Waals surface area contributed by atoms with Gasteiger partial charge in [-0.15, -0.1) is 0 Å². The second-order valence-electron chi connectivity index (χ2n) is 7.11. The van der Waals surface area contributed by atoms with Crippen LogP contribution in [0.5, 0.6) is 0 Å². The van der Waals surface area contributed by atoms with Gasteiger partial charge in [0.05, 0.1) is 11.2 Å². The standard InChI is InChI=1S/C22H19ClN4O5S/c23-15-7-9-16(10-8-15)33(30,31)27-19(12-14-13-24-18-5-2-1-4-17(14)18)21(28)25-26-22(29)20-6-3-11-32-20/h1-11,13,19,24,27H,12H2,(H,25,28)(H,26,29). The number of carbonyl (C=O) groups excluding carboxylic acids is 2. The van der Waals surface area contributed by atoms with E-state index in [-0.39, 0.29) is 17.1 Å². The summed E-state index contributed by atoms with van der Waals surface area (Å²) in [5.41, 5.74) is 6.05. The molecule has 33 heavy (non-hydrogen) atoms. The average Bonchev–Trinajstić information content (AvgIpc) is 3.48. The van der Waals surface area contributed by atoms with E-state index in [0.29, 0.717) is 5.02 Å². The van der Waals surface area contributed by atoms with E-state index < -0.39 is 27.9 Å². The quantitative estimate of drug-likeness (QED) is 0.298. The SMILES string of the molecule is O=C(NNC(=O)C(Cc1c[nH]c2ccccc12)NS(=O)(=O)c1ccc(Cl)cc1)c1ccco1. The zero-order valence-electron chi connectivity index (χ0n) is 17.0. The van der Waals surface area contributed by atoms with E-state index in [2.05, 4.69) is 20.6 Å². The number of sulfonamides is 1. The van der Waals surface area contributed by atoms with Crippen molar-refractivity contribution in [2.24, 2.45) is 0 Å². The fourth-order valence-corrected chi connectivity index (χ4v) is 4.57. The number of rotatable bonds is 7. The molecule has 2 aromatic carbocycles. The summed E-state index contributed by atoms with van der Waals surface area (Å²) in [4.78, 5) is 28.1. The zero-order valence-corrected chi connectivity index (χ0v) is 18.6. The average molecular weight is 487 g/mol. The van der Waals surface area contributed by atoms with Crippen molar-refractivity contribution >= 4 is 44.3 Å². The Bertz CT molecular complexity index is 1380. The summed E-state index contributed by atoms with van der Waals surface area (Å²) in [5, 5.41) is 1.23. The van der Waals surface area contributed by atoms with E-state index in [1.165, 1.54) is 42.7 Å². The van der Waals surface area contributed by atoms with Gasteiger partial charge >= 0.3 is 5.91 Å². The van der Waals surface area contributed by atoms with Gasteiger partial charge in [0.1, 0.15) is 6.04 Å². The molecule has 0 bridgehead atoms. The van der Waals surface area contributed by atoms with Crippen LogP contribution in [-0.2, 0) is 21.2 Å². The van der Waals surface area contributed by atoms with Crippen LogP contribution in [0.3, 0.4) is 0 Å². The smallest absolute Gasteiger partial charge is 0.305 e. The molecule has 2 heterocycles. The van der Waals surface area contributed by atoms with Crippen molar-refractivity contribution in [1.82, 2.24) is 20.6 Å². The lowest BCUT2D eigenvalue weighted by Gasteiger charge is -2.18. The first-order chi connectivity index (χ1) is 15.8. The number of H-pyrrole nitrogens is 1. The van der Waals surface area contributed by atoms with Gasteiger partial charge in [-0.05, 0) is 54.4 Å². The van der Waals surface area contributed by atoms with E-state index in [1.807, 2.05) is 24.3 Å². The third kappa shape index (κ3) is 5.25. The maximum absolute atomic E-state index is 12.9. The molecule has 0 aliphatic heterocycles. The van der Waals surface area contributed by atoms with Gasteiger partial charge in [0.15, 0.2) is 5.76 Å². The third-order valence-corrected chi connectivity index (χ3v) is 6.62. The number of halogens is 1. The second-order valence-corrected chi connectivity index (χ2v) is 9.26. The van der Waals surface area contributed by atoms with Crippen molar-refractivity contribution in [2.45, 2.75) is 17.4 Å². The summed E-state index contributed by atoms with van der Waals surface area (Å²) in [7, 11) is -4.07. The van der Waals surface area contributed by atoms with Crippen LogP contribution >= 0.6 is 11.6 Å². The molecule has 1 unspecified atom stereocenters. The first-order valence-corrected chi connectivity index (χ1v) is 11.7. The predicted molar refractivity (Wildman–Crippen MR) is 122 cm³/mol. The predicted octanol–water partition coefficient (Wildman–Crippen LogP) is 2.77. The Hall–Kier alpha value is -3.60. The van der Waals surface area contributed by atoms with E-state index in [0.717, 1.165) is 16.5 Å². The van der Waals surface area contributed by atoms with Crippen LogP contribution in [0, 0.1) is 0 Å². The molecule has 9 nitrogen and oxygen atoms in total. The normalized spacial score (nSPS) is 12.4. The van der Waals surface area contributed by atoms with Gasteiger partial charge in [0, 0.05) is 22.1 Å². The van der Waals surface area contributed by atoms with Gasteiger partial charge < -0.3 is 9.40 Å². The van der Waals surface area contributed by atoms with Crippen LogP contribution in [0.15, 0.2) is 82.4 Å². The molecule has 2 aromatic heterocycles. The minimum atomic E-state index is -4.07. The highest BCUT2D eigenvalue weighted by molar-refractivity contribution is 7.89. The lowest BCUT2D eigenvalue weighted by atomic mass is 10.1. The lowest BCUT2D eigenvalue weighted by Crippen LogP contribution is -2.53. The number of fused-ring (bicyclic) bond motifs is 1. The summed E-state index contributed by atoms with van der Waals surface area (Å²) < 4.78 is 33.3. The monoisotopic (exact) mass is 486 g/mol. The van der Waals surface area contributed by atoms with Crippen LogP contribution in [0.2, 0.25) is 5.02 Å². The van der Waals surface area contributed by atoms with Gasteiger partial charge in [-0.3, -0.25) is 20.4 Å². The number of furan rings is 1. The molecule has 0 saturated carbocycles. The fraction of sp³-hybridized carbons (Fsp3) is 0.0909. The number of carbonyl (C=O) groups is 2. The molecule has 0 aliphatic rings. The molecule has 170 valence electrons. The van der Waals surface area contributed by atoms with Gasteiger partial charge in [-0.2, -0.15) is 4.72 Å². The highest BCUT2D eigenvalue weighted by Crippen LogP contribution is 2.20. The van der Waals surface area contributed by atoms with Gasteiger partial charge in [0.25, 0.3) is 5.91 Å². The Morgan fingerprint density at radius 1 is 1.00 bits per heavy atom. The third-order valence-electron chi connectivity index (χ3n) is 4.88. The molecular weight excluding hydrogens is 468 g/mol. The Morgan fingerprint density at radius 2 is 1.76 bits per heavy atom. The first kappa shape index (κ1) is 22.6. The summed E-state index contributed by atoms with van der Waals surface area (Å²) in [5.74, 6) is -1.44. The minimum Gasteiger partial charge on any atom is -0.459 e. The number of aromatic nitrogens is 1. The first-order valence-electron chi connectivity index (χ1n) is 9.80. The topological polar surface area (TPSA) is 133 Å². The Kier molecular flexibility index (Phi) is 6.50. The lowest BCUT2D eigenvalue weighted by molar-refractivity contribution is -0.123. The Labute approximate surface area is 194 Å². The molecule has 1 atom stereocenters. The number of hydrogen-bond donors (Lipinski definition) is 4. The van der Waals surface area contributed by atoms with Crippen molar-refractivity contribution in [1.29, 1.82) is 0 Å². The molecule has 11 heteroatoms. The summed E-state index contributed by atoms with van der Waals surface area (Å²) in [6.45, 7) is 0. The van der Waals surface area contributed by atoms with Crippen LogP contribution in [-0.4, -0.2) is 31.3 Å². The van der Waals surface area contributed by atoms with Crippen molar-refractivity contribution in [3.05, 3.63) is 89.5 Å². The van der Waals surface area contributed by atoms with Crippen molar-refractivity contribution in [3.63, 3.8) is 0 Å². The van der Waals surface area contributed by atoms with Crippen molar-refractivity contribution in [2.75, 3.05) is 0 Å². The number of hydrogen-bond acceptors (Lipinski definition) is 5. The second kappa shape index (κ2) is 9.49. The molecule has 0 aliphatic carbocycles. The fourth-order valence-electron chi connectivity index (χ4n) is 3.25. The van der Waals surface area contributed by atoms with Gasteiger partial charge in [-0.25, -0.2) is 8.42 Å². The Balaban J connectivity index is 1.57. The van der Waals surface area contributed by atoms with E-state index in [1.54, 1.807) is 6.20 Å². The summed E-state index contributed by atoms with van der Waals surface area (Å²) in [6.07, 6.45) is 3.05. The largest absolute Gasteiger partial charge is 0.459 e. The van der Waals surface area contributed by atoms with Gasteiger partial charge in [-0.1, -0.05) is 29.8 Å². The molecule has 0 fully saturated rings. The number of nitrogens with one attached hydrogen (secondary N) is 4. The zero-order chi connectivity index (χ0) is 23.4. The number of benzene rings is 2. The van der Waals surface area contributed by atoms with Crippen molar-refractivity contribution < 1.29 is 22.4 Å². The summed E-state index contributed by atoms with van der Waals surface area (Å²) >= 11 is 5.85. The van der Waals surface area contributed by atoms with Crippen LogP contribution in [0.1, 0.15) is 16.1 Å². The number of para-hydroxylation sites is 1. The molecule has 0 radical (unpaired) electrons. The van der Waals surface area contributed by atoms with Gasteiger partial charge in [0.2, 0.25) is 10.0 Å². The molecule has 0 spiro atoms.